The lowest BCUT2D eigenvalue weighted by Gasteiger charge is -2.16. The molecule has 0 radical (unpaired) electrons. The molecule has 0 spiro atoms. The van der Waals surface area contributed by atoms with Gasteiger partial charge in [0.1, 0.15) is 0 Å². The first kappa shape index (κ1) is 16.5. The van der Waals surface area contributed by atoms with Crippen molar-refractivity contribution < 1.29 is 9.59 Å². The topological polar surface area (TPSA) is 70.2 Å². The van der Waals surface area contributed by atoms with E-state index in [-0.39, 0.29) is 17.7 Å². The Balaban J connectivity index is 2.07. The Morgan fingerprint density at radius 2 is 2.00 bits per heavy atom. The van der Waals surface area contributed by atoms with Crippen LogP contribution in [0.25, 0.3) is 0 Å². The molecule has 0 unspecified atom stereocenters. The van der Waals surface area contributed by atoms with Gasteiger partial charge >= 0.3 is 0 Å². The lowest BCUT2D eigenvalue weighted by molar-refractivity contribution is -0.120. The van der Waals surface area contributed by atoms with Gasteiger partial charge in [-0.2, -0.15) is 0 Å². The number of hydrogen-bond donors (Lipinski definition) is 3. The van der Waals surface area contributed by atoms with Crippen LogP contribution >= 0.6 is 0 Å². The second-order valence-electron chi connectivity index (χ2n) is 6.38. The number of hydrogen-bond acceptors (Lipinski definition) is 3. The van der Waals surface area contributed by atoms with Gasteiger partial charge in [0.15, 0.2) is 0 Å². The molecule has 1 aliphatic heterocycles. The van der Waals surface area contributed by atoms with Crippen molar-refractivity contribution in [2.75, 3.05) is 25.0 Å². The van der Waals surface area contributed by atoms with Gasteiger partial charge in [0.25, 0.3) is 5.91 Å². The van der Waals surface area contributed by atoms with Crippen molar-refractivity contribution in [3.8, 4) is 0 Å². The second kappa shape index (κ2) is 7.40. The van der Waals surface area contributed by atoms with E-state index in [0.29, 0.717) is 36.2 Å². The fourth-order valence-electron chi connectivity index (χ4n) is 2.57. The Hall–Kier alpha value is -1.88. The van der Waals surface area contributed by atoms with Crippen LogP contribution in [0.15, 0.2) is 24.3 Å². The number of benzene rings is 1. The third-order valence-corrected chi connectivity index (χ3v) is 3.95. The van der Waals surface area contributed by atoms with E-state index in [9.17, 15) is 9.59 Å². The highest BCUT2D eigenvalue weighted by Gasteiger charge is 2.30. The van der Waals surface area contributed by atoms with Crippen molar-refractivity contribution in [3.63, 3.8) is 0 Å². The van der Waals surface area contributed by atoms with Gasteiger partial charge in [-0.3, -0.25) is 9.59 Å². The molecular weight excluding hydrogens is 278 g/mol. The predicted molar refractivity (Wildman–Crippen MR) is 87.8 cm³/mol. The monoisotopic (exact) mass is 303 g/mol. The molecule has 5 nitrogen and oxygen atoms in total. The molecular formula is C17H25N3O2. The number of carbonyl (C=O) groups excluding carboxylic acids is 2. The molecule has 0 aromatic heterocycles. The highest BCUT2D eigenvalue weighted by atomic mass is 16.2. The molecule has 1 aromatic carbocycles. The average molecular weight is 303 g/mol. The van der Waals surface area contributed by atoms with Gasteiger partial charge < -0.3 is 16.0 Å². The minimum atomic E-state index is -0.151. The van der Waals surface area contributed by atoms with Gasteiger partial charge in [-0.1, -0.05) is 32.9 Å². The maximum absolute atomic E-state index is 12.4. The average Bonchev–Trinajstić information content (AvgIpc) is 2.91. The maximum atomic E-state index is 12.4. The van der Waals surface area contributed by atoms with E-state index in [1.54, 1.807) is 18.2 Å². The van der Waals surface area contributed by atoms with Gasteiger partial charge in [-0.25, -0.2) is 0 Å². The molecule has 0 aliphatic carbocycles. The summed E-state index contributed by atoms with van der Waals surface area (Å²) in [6.45, 7) is 8.31. The van der Waals surface area contributed by atoms with Crippen LogP contribution < -0.4 is 16.0 Å². The summed E-state index contributed by atoms with van der Waals surface area (Å²) < 4.78 is 0. The molecule has 0 saturated carbocycles. The number of anilines is 1. The first-order valence-corrected chi connectivity index (χ1v) is 7.88. The molecule has 2 rings (SSSR count). The molecule has 1 aliphatic rings. The summed E-state index contributed by atoms with van der Waals surface area (Å²) in [5.41, 5.74) is 1.09. The maximum Gasteiger partial charge on any atom is 0.253 e. The van der Waals surface area contributed by atoms with Gasteiger partial charge in [0.2, 0.25) is 5.91 Å². The molecule has 1 aromatic rings. The van der Waals surface area contributed by atoms with Crippen molar-refractivity contribution >= 4 is 17.5 Å². The second-order valence-corrected chi connectivity index (χ2v) is 6.38. The van der Waals surface area contributed by atoms with Crippen molar-refractivity contribution in [2.45, 2.75) is 20.8 Å². The van der Waals surface area contributed by atoms with Crippen molar-refractivity contribution in [3.05, 3.63) is 29.8 Å². The van der Waals surface area contributed by atoms with E-state index in [0.717, 1.165) is 6.54 Å². The van der Waals surface area contributed by atoms with E-state index in [2.05, 4.69) is 22.9 Å². The quantitative estimate of drug-likeness (QED) is 0.777. The SMILES string of the molecule is CC(C)CNC(=O)c1ccccc1NC(=O)[C@@H]1CNC[C@H]1C. The molecule has 1 fully saturated rings. The Morgan fingerprint density at radius 1 is 1.27 bits per heavy atom. The summed E-state index contributed by atoms with van der Waals surface area (Å²) in [4.78, 5) is 24.6. The summed E-state index contributed by atoms with van der Waals surface area (Å²) >= 11 is 0. The van der Waals surface area contributed by atoms with E-state index in [1.165, 1.54) is 0 Å². The van der Waals surface area contributed by atoms with Crippen molar-refractivity contribution in [2.24, 2.45) is 17.8 Å². The number of nitrogens with one attached hydrogen (secondary N) is 3. The van der Waals surface area contributed by atoms with Crippen LogP contribution in [0.3, 0.4) is 0 Å². The predicted octanol–water partition coefficient (Wildman–Crippen LogP) is 1.87. The van der Waals surface area contributed by atoms with Gasteiger partial charge in [0, 0.05) is 13.1 Å². The highest BCUT2D eigenvalue weighted by molar-refractivity contribution is 6.04. The summed E-state index contributed by atoms with van der Waals surface area (Å²) in [5, 5.41) is 9.02. The normalized spacial score (nSPS) is 20.9. The van der Waals surface area contributed by atoms with Crippen LogP contribution in [0, 0.1) is 17.8 Å². The van der Waals surface area contributed by atoms with Crippen LogP contribution in [0.2, 0.25) is 0 Å². The zero-order valence-corrected chi connectivity index (χ0v) is 13.5. The van der Waals surface area contributed by atoms with Crippen LogP contribution in [0.5, 0.6) is 0 Å². The van der Waals surface area contributed by atoms with E-state index < -0.39 is 0 Å². The van der Waals surface area contributed by atoms with Crippen LogP contribution in [-0.2, 0) is 4.79 Å². The minimum absolute atomic E-state index is 0.0263. The largest absolute Gasteiger partial charge is 0.352 e. The molecule has 1 heterocycles. The molecule has 1 saturated heterocycles. The molecule has 3 N–H and O–H groups in total. The molecule has 2 amide bonds. The van der Waals surface area contributed by atoms with Gasteiger partial charge in [-0.15, -0.1) is 0 Å². The lowest BCUT2D eigenvalue weighted by atomic mass is 9.97. The summed E-state index contributed by atoms with van der Waals surface area (Å²) in [6.07, 6.45) is 0. The lowest BCUT2D eigenvalue weighted by Crippen LogP contribution is -2.31. The van der Waals surface area contributed by atoms with Crippen LogP contribution in [-0.4, -0.2) is 31.4 Å². The third kappa shape index (κ3) is 4.07. The van der Waals surface area contributed by atoms with E-state index in [4.69, 9.17) is 0 Å². The molecule has 2 atom stereocenters. The first-order chi connectivity index (χ1) is 10.5. The highest BCUT2D eigenvalue weighted by Crippen LogP contribution is 2.20. The summed E-state index contributed by atoms with van der Waals surface area (Å²) in [7, 11) is 0. The van der Waals surface area contributed by atoms with Crippen LogP contribution in [0.4, 0.5) is 5.69 Å². The van der Waals surface area contributed by atoms with E-state index >= 15 is 0 Å². The number of amides is 2. The summed E-state index contributed by atoms with van der Waals surface area (Å²) in [5.74, 6) is 0.466. The number of para-hydroxylation sites is 1. The smallest absolute Gasteiger partial charge is 0.253 e. The number of carbonyl (C=O) groups is 2. The summed E-state index contributed by atoms with van der Waals surface area (Å²) in [6, 6.07) is 7.14. The fourth-order valence-corrected chi connectivity index (χ4v) is 2.57. The molecule has 5 heteroatoms. The van der Waals surface area contributed by atoms with Crippen molar-refractivity contribution in [1.29, 1.82) is 0 Å². The zero-order valence-electron chi connectivity index (χ0n) is 13.5. The first-order valence-electron chi connectivity index (χ1n) is 7.88. The van der Waals surface area contributed by atoms with Gasteiger partial charge in [-0.05, 0) is 30.5 Å². The third-order valence-electron chi connectivity index (χ3n) is 3.95. The minimum Gasteiger partial charge on any atom is -0.352 e. The molecule has 120 valence electrons. The Bertz CT molecular complexity index is 542. The van der Waals surface area contributed by atoms with E-state index in [1.807, 2.05) is 19.9 Å². The standard InChI is InChI=1S/C17H25N3O2/c1-11(2)8-19-16(21)13-6-4-5-7-15(13)20-17(22)14-10-18-9-12(14)3/h4-7,11-12,14,18H,8-10H2,1-3H3,(H,19,21)(H,20,22)/t12-,14-/m1/s1. The Labute approximate surface area is 131 Å². The molecule has 22 heavy (non-hydrogen) atoms. The molecule has 0 bridgehead atoms. The fraction of sp³-hybridized carbons (Fsp3) is 0.529. The number of rotatable bonds is 5. The van der Waals surface area contributed by atoms with Gasteiger partial charge in [0.05, 0.1) is 17.2 Å². The Kier molecular flexibility index (Phi) is 5.55. The Morgan fingerprint density at radius 3 is 2.64 bits per heavy atom. The zero-order chi connectivity index (χ0) is 16.1. The van der Waals surface area contributed by atoms with Crippen molar-refractivity contribution in [1.82, 2.24) is 10.6 Å². The van der Waals surface area contributed by atoms with Crippen LogP contribution in [0.1, 0.15) is 31.1 Å².